The molecule has 0 bridgehead atoms. The Bertz CT molecular complexity index is 611. The second-order valence-electron chi connectivity index (χ2n) is 8.28. The van der Waals surface area contributed by atoms with Crippen LogP contribution in [-0.2, 0) is 15.0 Å². The van der Waals surface area contributed by atoms with Crippen molar-refractivity contribution in [1.29, 1.82) is 0 Å². The highest BCUT2D eigenvalue weighted by atomic mass is 16.2. The second kappa shape index (κ2) is 7.56. The summed E-state index contributed by atoms with van der Waals surface area (Å²) in [5, 5.41) is 5.81. The fraction of sp³-hybridized carbons (Fsp3) is 0.600. The summed E-state index contributed by atoms with van der Waals surface area (Å²) in [4.78, 5) is 27.1. The van der Waals surface area contributed by atoms with E-state index in [4.69, 9.17) is 0 Å². The summed E-state index contributed by atoms with van der Waals surface area (Å²) in [7, 11) is 4.01. The van der Waals surface area contributed by atoms with Crippen molar-refractivity contribution in [3.8, 4) is 0 Å². The number of nitrogens with zero attached hydrogens (tertiary/aromatic N) is 1. The fourth-order valence-corrected chi connectivity index (χ4v) is 2.75. The van der Waals surface area contributed by atoms with Crippen LogP contribution in [0.1, 0.15) is 45.6 Å². The number of carbonyl (C=O) groups excluding carboxylic acids is 2. The predicted molar refractivity (Wildman–Crippen MR) is 102 cm³/mol. The number of benzene rings is 1. The van der Waals surface area contributed by atoms with Gasteiger partial charge in [-0.05, 0) is 63.0 Å². The maximum Gasteiger partial charge on any atom is 0.240 e. The molecule has 0 saturated heterocycles. The minimum Gasteiger partial charge on any atom is -0.355 e. The van der Waals surface area contributed by atoms with Crippen LogP contribution in [0, 0.1) is 5.41 Å². The number of nitrogens with one attached hydrogen (secondary N) is 2. The summed E-state index contributed by atoms with van der Waals surface area (Å²) < 4.78 is 0. The Morgan fingerprint density at radius 1 is 1.08 bits per heavy atom. The molecule has 0 aromatic heterocycles. The molecule has 138 valence electrons. The van der Waals surface area contributed by atoms with Crippen LogP contribution in [-0.4, -0.2) is 43.9 Å². The molecule has 1 aliphatic rings. The number of anilines is 1. The first-order chi connectivity index (χ1) is 11.6. The standard InChI is InChI=1S/C20H31N3O2/c1-19(2,3)15-7-9-16(10-8-15)22-18(25)20(11-12-20)17(24)21-13-6-14-23(4)5/h7-10H,6,11-14H2,1-5H3,(H,21,24)(H,22,25). The Balaban J connectivity index is 1.90. The van der Waals surface area contributed by atoms with Crippen molar-refractivity contribution >= 4 is 17.5 Å². The lowest BCUT2D eigenvalue weighted by Crippen LogP contribution is -2.40. The largest absolute Gasteiger partial charge is 0.355 e. The van der Waals surface area contributed by atoms with E-state index in [1.165, 1.54) is 5.56 Å². The molecule has 2 N–H and O–H groups in total. The molecule has 0 aliphatic heterocycles. The zero-order valence-electron chi connectivity index (χ0n) is 16.1. The average molecular weight is 345 g/mol. The Morgan fingerprint density at radius 3 is 2.16 bits per heavy atom. The number of rotatable bonds is 7. The molecule has 0 spiro atoms. The minimum atomic E-state index is -0.874. The maximum atomic E-state index is 12.6. The number of carbonyl (C=O) groups is 2. The summed E-state index contributed by atoms with van der Waals surface area (Å²) >= 11 is 0. The number of amides is 2. The van der Waals surface area contributed by atoms with Crippen molar-refractivity contribution < 1.29 is 9.59 Å². The molecule has 0 heterocycles. The molecule has 0 atom stereocenters. The highest BCUT2D eigenvalue weighted by Crippen LogP contribution is 2.46. The molecular formula is C20H31N3O2. The van der Waals surface area contributed by atoms with E-state index in [1.54, 1.807) is 0 Å². The lowest BCUT2D eigenvalue weighted by Gasteiger charge is -2.20. The number of hydrogen-bond donors (Lipinski definition) is 2. The first kappa shape index (κ1) is 19.4. The minimum absolute atomic E-state index is 0.0761. The van der Waals surface area contributed by atoms with E-state index in [-0.39, 0.29) is 17.2 Å². The van der Waals surface area contributed by atoms with Crippen LogP contribution in [0.2, 0.25) is 0 Å². The lowest BCUT2D eigenvalue weighted by atomic mass is 9.87. The van der Waals surface area contributed by atoms with Gasteiger partial charge in [0, 0.05) is 12.2 Å². The predicted octanol–water partition coefficient (Wildman–Crippen LogP) is 2.77. The van der Waals surface area contributed by atoms with Gasteiger partial charge in [0.1, 0.15) is 5.41 Å². The van der Waals surface area contributed by atoms with Gasteiger partial charge in [-0.15, -0.1) is 0 Å². The van der Waals surface area contributed by atoms with E-state index in [9.17, 15) is 9.59 Å². The van der Waals surface area contributed by atoms with Crippen molar-refractivity contribution in [1.82, 2.24) is 10.2 Å². The van der Waals surface area contributed by atoms with Crippen LogP contribution < -0.4 is 10.6 Å². The third-order valence-corrected chi connectivity index (χ3v) is 4.70. The molecule has 1 saturated carbocycles. The molecule has 1 fully saturated rings. The first-order valence-corrected chi connectivity index (χ1v) is 9.00. The van der Waals surface area contributed by atoms with E-state index in [0.717, 1.165) is 18.7 Å². The maximum absolute atomic E-state index is 12.6. The Morgan fingerprint density at radius 2 is 1.68 bits per heavy atom. The molecule has 25 heavy (non-hydrogen) atoms. The smallest absolute Gasteiger partial charge is 0.240 e. The summed E-state index contributed by atoms with van der Waals surface area (Å²) in [6, 6.07) is 7.86. The van der Waals surface area contributed by atoms with Crippen LogP contribution in [0.3, 0.4) is 0 Å². The van der Waals surface area contributed by atoms with Gasteiger partial charge in [-0.1, -0.05) is 32.9 Å². The van der Waals surface area contributed by atoms with Gasteiger partial charge in [-0.2, -0.15) is 0 Å². The molecule has 5 heteroatoms. The Labute approximate surface area is 151 Å². The van der Waals surface area contributed by atoms with Gasteiger partial charge in [0.05, 0.1) is 0 Å². The van der Waals surface area contributed by atoms with Crippen molar-refractivity contribution in [3.63, 3.8) is 0 Å². The average Bonchev–Trinajstić information content (AvgIpc) is 3.32. The molecule has 0 radical (unpaired) electrons. The third kappa shape index (κ3) is 5.05. The Kier molecular flexibility index (Phi) is 5.88. The van der Waals surface area contributed by atoms with Crippen LogP contribution >= 0.6 is 0 Å². The molecule has 2 rings (SSSR count). The second-order valence-corrected chi connectivity index (χ2v) is 8.28. The first-order valence-electron chi connectivity index (χ1n) is 9.00. The van der Waals surface area contributed by atoms with Crippen molar-refractivity contribution in [3.05, 3.63) is 29.8 Å². The highest BCUT2D eigenvalue weighted by Gasteiger charge is 2.56. The normalized spacial score (nSPS) is 15.8. The van der Waals surface area contributed by atoms with Crippen molar-refractivity contribution in [2.75, 3.05) is 32.5 Å². The lowest BCUT2D eigenvalue weighted by molar-refractivity contribution is -0.134. The zero-order valence-corrected chi connectivity index (χ0v) is 16.1. The van der Waals surface area contributed by atoms with E-state index in [1.807, 2.05) is 38.4 Å². The van der Waals surface area contributed by atoms with Gasteiger partial charge in [-0.3, -0.25) is 9.59 Å². The van der Waals surface area contributed by atoms with Gasteiger partial charge in [0.15, 0.2) is 0 Å². The molecule has 2 amide bonds. The fourth-order valence-electron chi connectivity index (χ4n) is 2.75. The summed E-state index contributed by atoms with van der Waals surface area (Å²) in [6.07, 6.45) is 2.13. The van der Waals surface area contributed by atoms with E-state index < -0.39 is 5.41 Å². The van der Waals surface area contributed by atoms with Crippen LogP contribution in [0.4, 0.5) is 5.69 Å². The Hall–Kier alpha value is -1.88. The van der Waals surface area contributed by atoms with E-state index >= 15 is 0 Å². The van der Waals surface area contributed by atoms with Gasteiger partial charge >= 0.3 is 0 Å². The van der Waals surface area contributed by atoms with Gasteiger partial charge in [0.2, 0.25) is 11.8 Å². The molecular weight excluding hydrogens is 314 g/mol. The summed E-state index contributed by atoms with van der Waals surface area (Å²) in [5.41, 5.74) is 1.16. The summed E-state index contributed by atoms with van der Waals surface area (Å²) in [6.45, 7) is 7.98. The topological polar surface area (TPSA) is 61.4 Å². The molecule has 1 aliphatic carbocycles. The van der Waals surface area contributed by atoms with Crippen LogP contribution in [0.5, 0.6) is 0 Å². The van der Waals surface area contributed by atoms with Crippen LogP contribution in [0.15, 0.2) is 24.3 Å². The van der Waals surface area contributed by atoms with E-state index in [2.05, 4.69) is 36.3 Å². The summed E-state index contributed by atoms with van der Waals surface area (Å²) in [5.74, 6) is -0.337. The number of hydrogen-bond acceptors (Lipinski definition) is 3. The van der Waals surface area contributed by atoms with Gasteiger partial charge in [-0.25, -0.2) is 0 Å². The quantitative estimate of drug-likeness (QED) is 0.590. The third-order valence-electron chi connectivity index (χ3n) is 4.70. The molecule has 1 aromatic rings. The van der Waals surface area contributed by atoms with Gasteiger partial charge < -0.3 is 15.5 Å². The monoisotopic (exact) mass is 345 g/mol. The van der Waals surface area contributed by atoms with Crippen molar-refractivity contribution in [2.24, 2.45) is 5.41 Å². The molecule has 0 unspecified atom stereocenters. The van der Waals surface area contributed by atoms with E-state index in [0.29, 0.717) is 19.4 Å². The van der Waals surface area contributed by atoms with Gasteiger partial charge in [0.25, 0.3) is 0 Å². The SMILES string of the molecule is CN(C)CCCNC(=O)C1(C(=O)Nc2ccc(C(C)(C)C)cc2)CC1. The molecule has 1 aromatic carbocycles. The van der Waals surface area contributed by atoms with Crippen LogP contribution in [0.25, 0.3) is 0 Å². The zero-order chi connectivity index (χ0) is 18.7. The highest BCUT2D eigenvalue weighted by molar-refractivity contribution is 6.13. The molecule has 5 nitrogen and oxygen atoms in total. The van der Waals surface area contributed by atoms with Crippen molar-refractivity contribution in [2.45, 2.75) is 45.4 Å².